The number of carbonyl (C=O) groups is 2. The van der Waals surface area contributed by atoms with Crippen LogP contribution in [0.2, 0.25) is 0 Å². The second-order valence-electron chi connectivity index (χ2n) is 8.55. The van der Waals surface area contributed by atoms with Gasteiger partial charge in [0.2, 0.25) is 0 Å². The molecule has 3 N–H and O–H groups in total. The topological polar surface area (TPSA) is 77.2 Å². The molecule has 176 valence electrons. The van der Waals surface area contributed by atoms with Crippen LogP contribution in [0.15, 0.2) is 48.5 Å². The Kier molecular flexibility index (Phi) is 6.98. The van der Waals surface area contributed by atoms with Gasteiger partial charge in [-0.1, -0.05) is 56.3 Å². The molecule has 0 atom stereocenters. The Bertz CT molecular complexity index is 1240. The van der Waals surface area contributed by atoms with Gasteiger partial charge in [0, 0.05) is 35.7 Å². The van der Waals surface area contributed by atoms with Crippen LogP contribution < -0.4 is 10.6 Å². The van der Waals surface area contributed by atoms with E-state index in [1.807, 2.05) is 68.5 Å². The van der Waals surface area contributed by atoms with E-state index in [1.165, 1.54) is 0 Å². The van der Waals surface area contributed by atoms with E-state index in [0.29, 0.717) is 17.7 Å². The summed E-state index contributed by atoms with van der Waals surface area (Å²) in [5.41, 5.74) is 7.36. The minimum atomic E-state index is -0.143. The van der Waals surface area contributed by atoms with Gasteiger partial charge in [0.25, 0.3) is 11.8 Å². The van der Waals surface area contributed by atoms with Crippen LogP contribution in [-0.4, -0.2) is 47.9 Å². The van der Waals surface area contributed by atoms with Gasteiger partial charge in [0.05, 0.1) is 11.1 Å². The highest BCUT2D eigenvalue weighted by molar-refractivity contribution is 6.36. The van der Waals surface area contributed by atoms with Crippen LogP contribution in [0.5, 0.6) is 0 Å². The maximum Gasteiger partial charge on any atom is 0.256 e. The number of H-pyrrole nitrogens is 1. The van der Waals surface area contributed by atoms with Crippen LogP contribution in [0, 0.1) is 13.8 Å². The summed E-state index contributed by atoms with van der Waals surface area (Å²) in [5, 5.41) is 6.03. The number of nitrogens with one attached hydrogen (secondary N) is 3. The summed E-state index contributed by atoms with van der Waals surface area (Å²) in [6, 6.07) is 16.0. The average molecular weight is 457 g/mol. The molecule has 0 saturated heterocycles. The van der Waals surface area contributed by atoms with Crippen molar-refractivity contribution in [3.8, 4) is 11.1 Å². The molecule has 2 heterocycles. The Morgan fingerprint density at radius 3 is 2.47 bits per heavy atom. The number of fused-ring (bicyclic) bond motifs is 1. The zero-order valence-electron chi connectivity index (χ0n) is 20.3. The second-order valence-corrected chi connectivity index (χ2v) is 8.55. The fourth-order valence-corrected chi connectivity index (χ4v) is 4.61. The number of hydrogen-bond donors (Lipinski definition) is 3. The first-order valence-corrected chi connectivity index (χ1v) is 11.9. The van der Waals surface area contributed by atoms with E-state index in [0.717, 1.165) is 59.0 Å². The van der Waals surface area contributed by atoms with E-state index in [4.69, 9.17) is 0 Å². The third kappa shape index (κ3) is 4.54. The Morgan fingerprint density at radius 1 is 1.03 bits per heavy atom. The number of anilines is 1. The Hall–Kier alpha value is -3.64. The molecule has 34 heavy (non-hydrogen) atoms. The lowest BCUT2D eigenvalue weighted by Crippen LogP contribution is -2.35. The zero-order valence-corrected chi connectivity index (χ0v) is 20.3. The van der Waals surface area contributed by atoms with Crippen LogP contribution >= 0.6 is 0 Å². The fraction of sp³-hybridized carbons (Fsp3) is 0.286. The second kappa shape index (κ2) is 10.1. The van der Waals surface area contributed by atoms with Crippen molar-refractivity contribution in [3.05, 3.63) is 76.6 Å². The molecule has 2 aromatic carbocycles. The van der Waals surface area contributed by atoms with E-state index >= 15 is 0 Å². The molecule has 6 heteroatoms. The Labute approximate surface area is 201 Å². The average Bonchev–Trinajstić information content (AvgIpc) is 3.31. The van der Waals surface area contributed by atoms with Gasteiger partial charge in [-0.05, 0) is 55.8 Å². The largest absolute Gasteiger partial charge is 0.358 e. The van der Waals surface area contributed by atoms with Gasteiger partial charge >= 0.3 is 0 Å². The van der Waals surface area contributed by atoms with Crippen LogP contribution in [0.25, 0.3) is 22.8 Å². The highest BCUT2D eigenvalue weighted by Crippen LogP contribution is 2.40. The molecule has 1 aliphatic heterocycles. The predicted molar refractivity (Wildman–Crippen MR) is 139 cm³/mol. The van der Waals surface area contributed by atoms with Gasteiger partial charge in [-0.2, -0.15) is 0 Å². The molecule has 1 aromatic heterocycles. The lowest BCUT2D eigenvalue weighted by atomic mass is 9.94. The highest BCUT2D eigenvalue weighted by atomic mass is 16.2. The maximum atomic E-state index is 12.9. The van der Waals surface area contributed by atoms with Crippen molar-refractivity contribution in [3.63, 3.8) is 0 Å². The number of hydrogen-bond acceptors (Lipinski definition) is 3. The van der Waals surface area contributed by atoms with Gasteiger partial charge in [0.1, 0.15) is 0 Å². The van der Waals surface area contributed by atoms with Gasteiger partial charge < -0.3 is 20.5 Å². The molecular formula is C28H32N4O2. The van der Waals surface area contributed by atoms with Crippen molar-refractivity contribution in [1.29, 1.82) is 0 Å². The Balaban J connectivity index is 1.66. The van der Waals surface area contributed by atoms with Crippen molar-refractivity contribution < 1.29 is 9.59 Å². The van der Waals surface area contributed by atoms with E-state index in [1.54, 1.807) is 0 Å². The number of aromatic amines is 1. The molecule has 4 rings (SSSR count). The summed E-state index contributed by atoms with van der Waals surface area (Å²) in [6.07, 6.45) is 1.86. The van der Waals surface area contributed by atoms with Gasteiger partial charge in [-0.15, -0.1) is 0 Å². The van der Waals surface area contributed by atoms with Crippen LogP contribution in [0.3, 0.4) is 0 Å². The van der Waals surface area contributed by atoms with Crippen molar-refractivity contribution in [2.75, 3.05) is 31.5 Å². The Morgan fingerprint density at radius 2 is 1.76 bits per heavy atom. The molecule has 3 aromatic rings. The number of carbonyl (C=O) groups excluding carboxylic acids is 2. The summed E-state index contributed by atoms with van der Waals surface area (Å²) in [5.74, 6) is -0.237. The number of aromatic nitrogens is 1. The van der Waals surface area contributed by atoms with E-state index in [9.17, 15) is 9.59 Å². The number of rotatable bonds is 8. The first-order valence-electron chi connectivity index (χ1n) is 11.9. The summed E-state index contributed by atoms with van der Waals surface area (Å²) >= 11 is 0. The third-order valence-corrected chi connectivity index (χ3v) is 6.51. The normalized spacial score (nSPS) is 13.9. The first-order chi connectivity index (χ1) is 16.4. The smallest absolute Gasteiger partial charge is 0.256 e. The zero-order chi connectivity index (χ0) is 24.2. The predicted octanol–water partition coefficient (Wildman–Crippen LogP) is 4.86. The summed E-state index contributed by atoms with van der Waals surface area (Å²) in [6.45, 7) is 11.4. The molecule has 1 aliphatic rings. The number of aryl methyl sites for hydroxylation is 1. The third-order valence-electron chi connectivity index (χ3n) is 6.51. The van der Waals surface area contributed by atoms with Crippen molar-refractivity contribution in [2.45, 2.75) is 27.7 Å². The highest BCUT2D eigenvalue weighted by Gasteiger charge is 2.28. The standard InChI is InChI=1S/C28H32N4O2/c1-5-32(6-2)16-15-29-28(34)25-18(3)24(30-19(25)4)17-22-26-21(20-11-8-7-9-12-20)13-10-14-23(26)31-27(22)33/h7-14,17,30H,5-6,15-16H2,1-4H3,(H,29,34)(H,31,33)/b22-17-. The molecule has 0 unspecified atom stereocenters. The van der Waals surface area contributed by atoms with Crippen LogP contribution in [0.4, 0.5) is 5.69 Å². The van der Waals surface area contributed by atoms with Gasteiger partial charge in [0.15, 0.2) is 0 Å². The summed E-state index contributed by atoms with van der Waals surface area (Å²) in [7, 11) is 0. The van der Waals surface area contributed by atoms with E-state index in [2.05, 4.69) is 34.4 Å². The molecule has 0 fully saturated rings. The van der Waals surface area contributed by atoms with Crippen molar-refractivity contribution >= 4 is 29.2 Å². The van der Waals surface area contributed by atoms with E-state index in [-0.39, 0.29) is 11.8 Å². The number of benzene rings is 2. The number of amides is 2. The summed E-state index contributed by atoms with van der Waals surface area (Å²) < 4.78 is 0. The molecule has 6 nitrogen and oxygen atoms in total. The number of likely N-dealkylation sites (N-methyl/N-ethyl adjacent to an activating group) is 1. The lowest BCUT2D eigenvalue weighted by Gasteiger charge is -2.18. The molecule has 2 amide bonds. The maximum absolute atomic E-state index is 12.9. The first kappa shape index (κ1) is 23.5. The fourth-order valence-electron chi connectivity index (χ4n) is 4.61. The number of nitrogens with zero attached hydrogens (tertiary/aromatic N) is 1. The molecule has 0 aliphatic carbocycles. The molecule has 0 spiro atoms. The quantitative estimate of drug-likeness (QED) is 0.424. The van der Waals surface area contributed by atoms with E-state index < -0.39 is 0 Å². The van der Waals surface area contributed by atoms with Gasteiger partial charge in [-0.3, -0.25) is 9.59 Å². The van der Waals surface area contributed by atoms with Gasteiger partial charge in [-0.25, -0.2) is 0 Å². The molecule has 0 bridgehead atoms. The van der Waals surface area contributed by atoms with Crippen molar-refractivity contribution in [1.82, 2.24) is 15.2 Å². The monoisotopic (exact) mass is 456 g/mol. The molecule has 0 saturated carbocycles. The minimum absolute atomic E-state index is 0.0932. The molecular weight excluding hydrogens is 424 g/mol. The van der Waals surface area contributed by atoms with Crippen LogP contribution in [0.1, 0.15) is 46.7 Å². The van der Waals surface area contributed by atoms with Crippen LogP contribution in [-0.2, 0) is 4.79 Å². The lowest BCUT2D eigenvalue weighted by molar-refractivity contribution is -0.110. The van der Waals surface area contributed by atoms with Crippen molar-refractivity contribution in [2.24, 2.45) is 0 Å². The SMILES string of the molecule is CCN(CC)CCNC(=O)c1c(C)[nH]c(/C=C2\C(=O)Nc3cccc(-c4ccccc4)c32)c1C. The minimum Gasteiger partial charge on any atom is -0.358 e. The summed E-state index contributed by atoms with van der Waals surface area (Å²) in [4.78, 5) is 31.5. The molecule has 0 radical (unpaired) electrons.